The van der Waals surface area contributed by atoms with Crippen molar-refractivity contribution >= 4 is 6.29 Å². The molecule has 16 heavy (non-hydrogen) atoms. The predicted octanol–water partition coefficient (Wildman–Crippen LogP) is 2.08. The standard InChI is InChI=1S/C12H12N2O2/c1-2-16-12-7-13-14(8-12)11-5-3-10(9-15)4-6-11/h3-9H,2H2,1H3. The van der Waals surface area contributed by atoms with Crippen LogP contribution in [-0.2, 0) is 0 Å². The average molecular weight is 216 g/mol. The highest BCUT2D eigenvalue weighted by atomic mass is 16.5. The maximum atomic E-state index is 10.5. The van der Waals surface area contributed by atoms with Crippen molar-refractivity contribution in [1.29, 1.82) is 0 Å². The Morgan fingerprint density at radius 3 is 2.75 bits per heavy atom. The van der Waals surface area contributed by atoms with Gasteiger partial charge in [0.15, 0.2) is 5.75 Å². The molecule has 0 saturated carbocycles. The molecule has 1 aromatic carbocycles. The van der Waals surface area contributed by atoms with Gasteiger partial charge >= 0.3 is 0 Å². The normalized spacial score (nSPS) is 10.1. The Hall–Kier alpha value is -2.10. The number of carbonyl (C=O) groups is 1. The fourth-order valence-electron chi connectivity index (χ4n) is 1.39. The summed E-state index contributed by atoms with van der Waals surface area (Å²) >= 11 is 0. The van der Waals surface area contributed by atoms with Gasteiger partial charge in [-0.15, -0.1) is 0 Å². The van der Waals surface area contributed by atoms with Crippen molar-refractivity contribution in [3.8, 4) is 11.4 Å². The van der Waals surface area contributed by atoms with Crippen LogP contribution in [0.2, 0.25) is 0 Å². The van der Waals surface area contributed by atoms with Crippen molar-refractivity contribution in [2.75, 3.05) is 6.61 Å². The molecule has 2 rings (SSSR count). The first-order chi connectivity index (χ1) is 7.83. The minimum absolute atomic E-state index is 0.621. The van der Waals surface area contributed by atoms with Crippen molar-refractivity contribution in [2.45, 2.75) is 6.92 Å². The van der Waals surface area contributed by atoms with Crippen LogP contribution in [0, 0.1) is 0 Å². The molecule has 0 atom stereocenters. The summed E-state index contributed by atoms with van der Waals surface area (Å²) < 4.78 is 7.02. The van der Waals surface area contributed by atoms with Gasteiger partial charge in [0.25, 0.3) is 0 Å². The van der Waals surface area contributed by atoms with Gasteiger partial charge in [0.05, 0.1) is 24.7 Å². The molecule has 1 heterocycles. The molecule has 4 heteroatoms. The third kappa shape index (κ3) is 2.11. The Morgan fingerprint density at radius 1 is 1.38 bits per heavy atom. The minimum Gasteiger partial charge on any atom is -0.491 e. The lowest BCUT2D eigenvalue weighted by Gasteiger charge is -2.00. The second kappa shape index (κ2) is 4.61. The minimum atomic E-state index is 0.621. The molecule has 0 aliphatic carbocycles. The number of benzene rings is 1. The highest BCUT2D eigenvalue weighted by Gasteiger charge is 2.00. The average Bonchev–Trinajstić information content (AvgIpc) is 2.78. The van der Waals surface area contributed by atoms with Gasteiger partial charge in [0.2, 0.25) is 0 Å². The van der Waals surface area contributed by atoms with Gasteiger partial charge in [0.1, 0.15) is 6.29 Å². The van der Waals surface area contributed by atoms with Crippen molar-refractivity contribution < 1.29 is 9.53 Å². The van der Waals surface area contributed by atoms with Crippen LogP contribution < -0.4 is 4.74 Å². The van der Waals surface area contributed by atoms with Crippen LogP contribution in [0.25, 0.3) is 5.69 Å². The molecule has 4 nitrogen and oxygen atoms in total. The van der Waals surface area contributed by atoms with E-state index in [0.717, 1.165) is 17.7 Å². The lowest BCUT2D eigenvalue weighted by atomic mass is 10.2. The first-order valence-electron chi connectivity index (χ1n) is 5.06. The highest BCUT2D eigenvalue weighted by Crippen LogP contribution is 2.13. The van der Waals surface area contributed by atoms with E-state index in [9.17, 15) is 4.79 Å². The molecule has 0 aliphatic heterocycles. The largest absolute Gasteiger partial charge is 0.491 e. The van der Waals surface area contributed by atoms with Crippen LogP contribution >= 0.6 is 0 Å². The number of aromatic nitrogens is 2. The van der Waals surface area contributed by atoms with Crippen molar-refractivity contribution in [1.82, 2.24) is 9.78 Å². The summed E-state index contributed by atoms with van der Waals surface area (Å²) in [5.74, 6) is 0.738. The van der Waals surface area contributed by atoms with Gasteiger partial charge in [-0.2, -0.15) is 5.10 Å². The number of nitrogens with zero attached hydrogens (tertiary/aromatic N) is 2. The van der Waals surface area contributed by atoms with Gasteiger partial charge < -0.3 is 4.74 Å². The smallest absolute Gasteiger partial charge is 0.157 e. The molecule has 0 bridgehead atoms. The van der Waals surface area contributed by atoms with Gasteiger partial charge in [-0.05, 0) is 31.2 Å². The summed E-state index contributed by atoms with van der Waals surface area (Å²) in [5.41, 5.74) is 1.55. The van der Waals surface area contributed by atoms with Crippen LogP contribution in [0.1, 0.15) is 17.3 Å². The molecular weight excluding hydrogens is 204 g/mol. The quantitative estimate of drug-likeness (QED) is 0.735. The van der Waals surface area contributed by atoms with Gasteiger partial charge in [-0.3, -0.25) is 4.79 Å². The van der Waals surface area contributed by atoms with E-state index in [0.29, 0.717) is 12.2 Å². The van der Waals surface area contributed by atoms with Crippen LogP contribution in [-0.4, -0.2) is 22.7 Å². The van der Waals surface area contributed by atoms with Gasteiger partial charge in [-0.1, -0.05) is 0 Å². The zero-order chi connectivity index (χ0) is 11.4. The summed E-state index contributed by atoms with van der Waals surface area (Å²) in [5, 5.41) is 4.16. The van der Waals surface area contributed by atoms with Crippen molar-refractivity contribution in [2.24, 2.45) is 0 Å². The van der Waals surface area contributed by atoms with Gasteiger partial charge in [0, 0.05) is 5.56 Å². The second-order valence-corrected chi connectivity index (χ2v) is 3.26. The van der Waals surface area contributed by atoms with E-state index in [1.165, 1.54) is 0 Å². The summed E-state index contributed by atoms with van der Waals surface area (Å²) in [7, 11) is 0. The maximum Gasteiger partial charge on any atom is 0.157 e. The first-order valence-corrected chi connectivity index (χ1v) is 5.06. The van der Waals surface area contributed by atoms with E-state index in [4.69, 9.17) is 4.74 Å². The molecule has 1 aromatic heterocycles. The SMILES string of the molecule is CCOc1cnn(-c2ccc(C=O)cc2)c1. The number of aldehydes is 1. The molecule has 82 valence electrons. The molecule has 0 spiro atoms. The monoisotopic (exact) mass is 216 g/mol. The van der Waals surface area contributed by atoms with E-state index in [1.54, 1.807) is 29.2 Å². The molecular formula is C12H12N2O2. The fraction of sp³-hybridized carbons (Fsp3) is 0.167. The Kier molecular flexibility index (Phi) is 3.00. The fourth-order valence-corrected chi connectivity index (χ4v) is 1.39. The predicted molar refractivity (Wildman–Crippen MR) is 60.1 cm³/mol. The molecule has 0 radical (unpaired) electrons. The van der Waals surface area contributed by atoms with E-state index >= 15 is 0 Å². The topological polar surface area (TPSA) is 44.1 Å². The molecule has 0 N–H and O–H groups in total. The molecule has 0 saturated heterocycles. The summed E-state index contributed by atoms with van der Waals surface area (Å²) in [6.45, 7) is 2.55. The summed E-state index contributed by atoms with van der Waals surface area (Å²) in [4.78, 5) is 10.5. The zero-order valence-corrected chi connectivity index (χ0v) is 8.96. The van der Waals surface area contributed by atoms with Crippen LogP contribution in [0.5, 0.6) is 5.75 Å². The summed E-state index contributed by atoms with van der Waals surface area (Å²) in [6.07, 6.45) is 4.29. The van der Waals surface area contributed by atoms with E-state index in [2.05, 4.69) is 5.10 Å². The third-order valence-electron chi connectivity index (χ3n) is 2.16. The van der Waals surface area contributed by atoms with Gasteiger partial charge in [-0.25, -0.2) is 4.68 Å². The van der Waals surface area contributed by atoms with Crippen LogP contribution in [0.3, 0.4) is 0 Å². The number of hydrogen-bond acceptors (Lipinski definition) is 3. The highest BCUT2D eigenvalue weighted by molar-refractivity contribution is 5.75. The second-order valence-electron chi connectivity index (χ2n) is 3.26. The first kappa shape index (κ1) is 10.4. The number of hydrogen-bond donors (Lipinski definition) is 0. The van der Waals surface area contributed by atoms with Crippen LogP contribution in [0.4, 0.5) is 0 Å². The lowest BCUT2D eigenvalue weighted by Crippen LogP contribution is -1.94. The van der Waals surface area contributed by atoms with E-state index in [1.807, 2.05) is 19.1 Å². The molecule has 2 aromatic rings. The Balaban J connectivity index is 2.24. The van der Waals surface area contributed by atoms with Crippen molar-refractivity contribution in [3.05, 3.63) is 42.2 Å². The number of carbonyl (C=O) groups excluding carboxylic acids is 1. The molecule has 0 fully saturated rings. The molecule has 0 amide bonds. The van der Waals surface area contributed by atoms with E-state index < -0.39 is 0 Å². The van der Waals surface area contributed by atoms with E-state index in [-0.39, 0.29) is 0 Å². The molecule has 0 unspecified atom stereocenters. The Morgan fingerprint density at radius 2 is 2.12 bits per heavy atom. The zero-order valence-electron chi connectivity index (χ0n) is 8.96. The number of rotatable bonds is 4. The van der Waals surface area contributed by atoms with Crippen molar-refractivity contribution in [3.63, 3.8) is 0 Å². The lowest BCUT2D eigenvalue weighted by molar-refractivity contribution is 0.112. The number of ether oxygens (including phenoxy) is 1. The Bertz CT molecular complexity index is 474. The third-order valence-corrected chi connectivity index (χ3v) is 2.16. The Labute approximate surface area is 93.5 Å². The maximum absolute atomic E-state index is 10.5. The molecule has 0 aliphatic rings. The van der Waals surface area contributed by atoms with Crippen LogP contribution in [0.15, 0.2) is 36.7 Å². The summed E-state index contributed by atoms with van der Waals surface area (Å²) in [6, 6.07) is 7.19.